The van der Waals surface area contributed by atoms with Crippen LogP contribution in [-0.4, -0.2) is 0 Å². The minimum atomic E-state index is -0.436. The summed E-state index contributed by atoms with van der Waals surface area (Å²) >= 11 is 0. The Hall–Kier alpha value is -1.38. The zero-order chi connectivity index (χ0) is 16.3. The van der Waals surface area contributed by atoms with Gasteiger partial charge in [0.15, 0.2) is 11.6 Å². The fourth-order valence-electron chi connectivity index (χ4n) is 3.16. The van der Waals surface area contributed by atoms with Gasteiger partial charge in [-0.15, -0.1) is 0 Å². The highest BCUT2D eigenvalue weighted by atomic mass is 19.1. The maximum atomic E-state index is 14.6. The molecule has 0 heterocycles. The molecule has 0 aromatic heterocycles. The fraction of sp³-hybridized carbons (Fsp3) is 0.579. The van der Waals surface area contributed by atoms with E-state index in [2.05, 4.69) is 0 Å². The highest BCUT2D eigenvalue weighted by Crippen LogP contribution is 2.36. The predicted octanol–water partition coefficient (Wildman–Crippen LogP) is 6.14. The van der Waals surface area contributed by atoms with Crippen LogP contribution in [0.15, 0.2) is 11.8 Å². The minimum Gasteiger partial charge on any atom is -0.458 e. The molecule has 0 N–H and O–H groups in total. The van der Waals surface area contributed by atoms with Crippen LogP contribution in [0.1, 0.15) is 62.1 Å². The van der Waals surface area contributed by atoms with Gasteiger partial charge in [-0.2, -0.15) is 0 Å². The summed E-state index contributed by atoms with van der Waals surface area (Å²) in [6.45, 7) is 6.83. The molecule has 0 aliphatic heterocycles. The van der Waals surface area contributed by atoms with E-state index in [1.54, 1.807) is 20.8 Å². The molecular formula is C19H26F2O. The number of hydrogen-bond donors (Lipinski definition) is 0. The Morgan fingerprint density at radius 1 is 1.00 bits per heavy atom. The van der Waals surface area contributed by atoms with Crippen molar-refractivity contribution in [3.05, 3.63) is 40.2 Å². The fourth-order valence-corrected chi connectivity index (χ4v) is 3.16. The second-order valence-corrected chi connectivity index (χ2v) is 6.28. The Bertz CT molecular complexity index is 540. The van der Waals surface area contributed by atoms with Gasteiger partial charge in [0.2, 0.25) is 0 Å². The van der Waals surface area contributed by atoms with Crippen molar-refractivity contribution in [3.8, 4) is 5.75 Å². The van der Waals surface area contributed by atoms with E-state index < -0.39 is 5.82 Å². The summed E-state index contributed by atoms with van der Waals surface area (Å²) in [6, 6.07) is 0. The molecule has 0 unspecified atom stereocenters. The largest absolute Gasteiger partial charge is 0.458 e. The molecule has 0 radical (unpaired) electrons. The van der Waals surface area contributed by atoms with Crippen LogP contribution in [0.3, 0.4) is 0 Å². The van der Waals surface area contributed by atoms with Crippen LogP contribution in [0.25, 0.3) is 0 Å². The van der Waals surface area contributed by atoms with Crippen LogP contribution < -0.4 is 4.74 Å². The van der Waals surface area contributed by atoms with Gasteiger partial charge in [0, 0.05) is 11.5 Å². The van der Waals surface area contributed by atoms with Crippen molar-refractivity contribution in [1.82, 2.24) is 0 Å². The third kappa shape index (κ3) is 3.34. The molecule has 1 aromatic rings. The molecule has 0 amide bonds. The van der Waals surface area contributed by atoms with Crippen molar-refractivity contribution in [2.24, 2.45) is 5.92 Å². The number of hydrogen-bond acceptors (Lipinski definition) is 1. The van der Waals surface area contributed by atoms with Crippen LogP contribution in [-0.2, 0) is 0 Å². The van der Waals surface area contributed by atoms with Crippen LogP contribution >= 0.6 is 0 Å². The summed E-state index contributed by atoms with van der Waals surface area (Å²) < 4.78 is 34.7. The first-order valence-corrected chi connectivity index (χ1v) is 8.30. The average Bonchev–Trinajstić information content (AvgIpc) is 2.55. The van der Waals surface area contributed by atoms with Crippen LogP contribution in [0.5, 0.6) is 5.75 Å². The summed E-state index contributed by atoms with van der Waals surface area (Å²) in [4.78, 5) is 0. The first-order valence-electron chi connectivity index (χ1n) is 8.30. The van der Waals surface area contributed by atoms with Gasteiger partial charge in [-0.3, -0.25) is 0 Å². The Morgan fingerprint density at radius 3 is 2.18 bits per heavy atom. The van der Waals surface area contributed by atoms with Crippen molar-refractivity contribution >= 4 is 0 Å². The van der Waals surface area contributed by atoms with Gasteiger partial charge in [-0.1, -0.05) is 26.2 Å². The van der Waals surface area contributed by atoms with Gasteiger partial charge in [0.25, 0.3) is 0 Å². The summed E-state index contributed by atoms with van der Waals surface area (Å²) in [7, 11) is 0. The standard InChI is InChI=1S/C19H26F2O/c1-5-9-16(15-10-7-6-8-11-15)22-19-14(4)17(20)12(2)13(3)18(19)21/h9,15H,5-8,10-11H2,1-4H3/b16-9+. The summed E-state index contributed by atoms with van der Waals surface area (Å²) in [5.41, 5.74) is 0.956. The molecule has 1 fully saturated rings. The van der Waals surface area contributed by atoms with Crippen LogP contribution in [0.4, 0.5) is 8.78 Å². The van der Waals surface area contributed by atoms with Gasteiger partial charge < -0.3 is 4.74 Å². The molecule has 122 valence electrons. The Kier molecular flexibility index (Phi) is 5.60. The summed E-state index contributed by atoms with van der Waals surface area (Å²) in [5, 5.41) is 0. The molecule has 0 bridgehead atoms. The normalized spacial score (nSPS) is 16.9. The lowest BCUT2D eigenvalue weighted by atomic mass is 9.87. The van der Waals surface area contributed by atoms with Crippen LogP contribution in [0.2, 0.25) is 0 Å². The van der Waals surface area contributed by atoms with E-state index in [4.69, 9.17) is 4.74 Å². The van der Waals surface area contributed by atoms with Crippen molar-refractivity contribution in [1.29, 1.82) is 0 Å². The topological polar surface area (TPSA) is 9.23 Å². The number of rotatable bonds is 4. The second-order valence-electron chi connectivity index (χ2n) is 6.28. The van der Waals surface area contributed by atoms with Gasteiger partial charge in [-0.05, 0) is 57.2 Å². The van der Waals surface area contributed by atoms with E-state index in [1.165, 1.54) is 19.3 Å². The Balaban J connectivity index is 2.36. The smallest absolute Gasteiger partial charge is 0.169 e. The van der Waals surface area contributed by atoms with E-state index in [0.717, 1.165) is 25.0 Å². The molecule has 3 heteroatoms. The number of allylic oxidation sites excluding steroid dienone is 2. The minimum absolute atomic E-state index is 0.0610. The number of ether oxygens (including phenoxy) is 1. The second kappa shape index (κ2) is 7.26. The first-order chi connectivity index (χ1) is 10.5. The highest BCUT2D eigenvalue weighted by molar-refractivity contribution is 5.45. The van der Waals surface area contributed by atoms with E-state index in [-0.39, 0.29) is 17.1 Å². The van der Waals surface area contributed by atoms with Gasteiger partial charge >= 0.3 is 0 Å². The molecule has 0 saturated heterocycles. The zero-order valence-electron chi connectivity index (χ0n) is 14.1. The SMILES string of the molecule is CC/C=C(/Oc1c(C)c(F)c(C)c(C)c1F)C1CCCCC1. The average molecular weight is 308 g/mol. The summed E-state index contributed by atoms with van der Waals surface area (Å²) in [5.74, 6) is 0.400. The molecule has 1 nitrogen and oxygen atoms in total. The first kappa shape index (κ1) is 17.0. The molecule has 0 atom stereocenters. The lowest BCUT2D eigenvalue weighted by Gasteiger charge is -2.26. The maximum Gasteiger partial charge on any atom is 0.169 e. The number of benzene rings is 1. The maximum absolute atomic E-state index is 14.6. The van der Waals surface area contributed by atoms with Crippen LogP contribution in [0, 0.1) is 38.3 Å². The van der Waals surface area contributed by atoms with Gasteiger partial charge in [0.05, 0.1) is 0 Å². The molecule has 1 aliphatic carbocycles. The molecule has 1 saturated carbocycles. The molecule has 1 aliphatic rings. The van der Waals surface area contributed by atoms with E-state index in [1.807, 2.05) is 13.0 Å². The van der Waals surface area contributed by atoms with E-state index in [9.17, 15) is 8.78 Å². The third-order valence-electron chi connectivity index (χ3n) is 4.72. The molecule has 1 aromatic carbocycles. The molecule has 0 spiro atoms. The van der Waals surface area contributed by atoms with Gasteiger partial charge in [0.1, 0.15) is 11.6 Å². The zero-order valence-corrected chi connectivity index (χ0v) is 14.1. The van der Waals surface area contributed by atoms with E-state index >= 15 is 0 Å². The number of halogens is 2. The molecule has 22 heavy (non-hydrogen) atoms. The van der Waals surface area contributed by atoms with Crippen molar-refractivity contribution in [3.63, 3.8) is 0 Å². The Morgan fingerprint density at radius 2 is 1.59 bits per heavy atom. The highest BCUT2D eigenvalue weighted by Gasteiger charge is 2.24. The van der Waals surface area contributed by atoms with E-state index in [0.29, 0.717) is 17.0 Å². The quantitative estimate of drug-likeness (QED) is 0.607. The Labute approximate surface area is 132 Å². The predicted molar refractivity (Wildman–Crippen MR) is 86.1 cm³/mol. The van der Waals surface area contributed by atoms with Crippen molar-refractivity contribution < 1.29 is 13.5 Å². The monoisotopic (exact) mass is 308 g/mol. The molecular weight excluding hydrogens is 282 g/mol. The van der Waals surface area contributed by atoms with Gasteiger partial charge in [-0.25, -0.2) is 8.78 Å². The summed E-state index contributed by atoms with van der Waals surface area (Å²) in [6.07, 6.45) is 8.60. The lowest BCUT2D eigenvalue weighted by molar-refractivity contribution is 0.276. The van der Waals surface area contributed by atoms with Crippen molar-refractivity contribution in [2.75, 3.05) is 0 Å². The van der Waals surface area contributed by atoms with Crippen molar-refractivity contribution in [2.45, 2.75) is 66.2 Å². The molecule has 2 rings (SSSR count). The lowest BCUT2D eigenvalue weighted by Crippen LogP contribution is -2.15. The third-order valence-corrected chi connectivity index (χ3v) is 4.72.